The van der Waals surface area contributed by atoms with Crippen LogP contribution in [-0.4, -0.2) is 17.4 Å². The summed E-state index contributed by atoms with van der Waals surface area (Å²) in [4.78, 5) is 16.3. The van der Waals surface area contributed by atoms with E-state index in [1.54, 1.807) is 0 Å². The number of amides is 1. The molecule has 1 heterocycles. The Hall–Kier alpha value is -2.62. The molecule has 0 radical (unpaired) electrons. The highest BCUT2D eigenvalue weighted by molar-refractivity contribution is 5.94. The molecule has 2 aromatic carbocycles. The quantitative estimate of drug-likeness (QED) is 0.802. The summed E-state index contributed by atoms with van der Waals surface area (Å²) in [6.07, 6.45) is 2.20. The molecule has 1 amide bonds. The molecule has 0 aliphatic rings. The van der Waals surface area contributed by atoms with Crippen molar-refractivity contribution in [3.63, 3.8) is 0 Å². The molecule has 0 spiro atoms. The molecular weight excluding hydrogens is 276 g/mol. The van der Waals surface area contributed by atoms with Gasteiger partial charge in [0.15, 0.2) is 12.0 Å². The molecule has 3 rings (SSSR count). The molecule has 0 bridgehead atoms. The summed E-state index contributed by atoms with van der Waals surface area (Å²) >= 11 is 0. The lowest BCUT2D eigenvalue weighted by molar-refractivity contribution is 0.0954. The highest BCUT2D eigenvalue weighted by atomic mass is 16.3. The number of rotatable bonds is 4. The van der Waals surface area contributed by atoms with Crippen LogP contribution in [0.4, 0.5) is 0 Å². The molecule has 4 heteroatoms. The largest absolute Gasteiger partial charge is 0.443 e. The van der Waals surface area contributed by atoms with Crippen molar-refractivity contribution in [2.75, 3.05) is 6.54 Å². The minimum Gasteiger partial charge on any atom is -0.443 e. The number of fused-ring (bicyclic) bond motifs is 1. The van der Waals surface area contributed by atoms with Gasteiger partial charge in [-0.15, -0.1) is 0 Å². The lowest BCUT2D eigenvalue weighted by Gasteiger charge is -2.07. The van der Waals surface area contributed by atoms with Gasteiger partial charge < -0.3 is 9.73 Å². The molecule has 22 heavy (non-hydrogen) atoms. The Bertz CT molecular complexity index is 821. The number of aromatic nitrogens is 1. The van der Waals surface area contributed by atoms with Gasteiger partial charge in [0.1, 0.15) is 5.52 Å². The summed E-state index contributed by atoms with van der Waals surface area (Å²) in [6, 6.07) is 11.6. The summed E-state index contributed by atoms with van der Waals surface area (Å²) in [5.41, 5.74) is 5.78. The van der Waals surface area contributed by atoms with Gasteiger partial charge in [-0.3, -0.25) is 4.79 Å². The number of hydrogen-bond donors (Lipinski definition) is 1. The number of aryl methyl sites for hydroxylation is 2. The van der Waals surface area contributed by atoms with Crippen LogP contribution in [0, 0.1) is 13.8 Å². The average molecular weight is 294 g/mol. The minimum absolute atomic E-state index is 0.0365. The third-order valence-corrected chi connectivity index (χ3v) is 3.86. The second-order valence-corrected chi connectivity index (χ2v) is 5.46. The molecule has 112 valence electrons. The molecule has 0 unspecified atom stereocenters. The number of benzene rings is 2. The molecule has 0 saturated heterocycles. The summed E-state index contributed by atoms with van der Waals surface area (Å²) in [7, 11) is 0. The SMILES string of the molecule is Cc1ccc(C(=O)NCCc2ccc3ocnc3c2)cc1C. The summed E-state index contributed by atoms with van der Waals surface area (Å²) in [6.45, 7) is 4.64. The molecule has 4 nitrogen and oxygen atoms in total. The van der Waals surface area contributed by atoms with E-state index >= 15 is 0 Å². The Morgan fingerprint density at radius 3 is 2.82 bits per heavy atom. The maximum absolute atomic E-state index is 12.1. The molecular formula is C18H18N2O2. The first kappa shape index (κ1) is 14.3. The zero-order chi connectivity index (χ0) is 15.5. The van der Waals surface area contributed by atoms with E-state index in [0.29, 0.717) is 12.1 Å². The summed E-state index contributed by atoms with van der Waals surface area (Å²) in [5.74, 6) is -0.0365. The maximum Gasteiger partial charge on any atom is 0.251 e. The minimum atomic E-state index is -0.0365. The van der Waals surface area contributed by atoms with Gasteiger partial charge in [-0.2, -0.15) is 0 Å². The maximum atomic E-state index is 12.1. The van der Waals surface area contributed by atoms with Crippen molar-refractivity contribution < 1.29 is 9.21 Å². The van der Waals surface area contributed by atoms with Gasteiger partial charge in [-0.05, 0) is 61.2 Å². The predicted molar refractivity (Wildman–Crippen MR) is 86.0 cm³/mol. The van der Waals surface area contributed by atoms with Crippen molar-refractivity contribution in [2.45, 2.75) is 20.3 Å². The summed E-state index contributed by atoms with van der Waals surface area (Å²) < 4.78 is 5.21. The lowest BCUT2D eigenvalue weighted by atomic mass is 10.1. The number of nitrogens with zero attached hydrogens (tertiary/aromatic N) is 1. The highest BCUT2D eigenvalue weighted by Gasteiger charge is 2.06. The summed E-state index contributed by atoms with van der Waals surface area (Å²) in [5, 5.41) is 2.95. The Morgan fingerprint density at radius 1 is 1.14 bits per heavy atom. The lowest BCUT2D eigenvalue weighted by Crippen LogP contribution is -2.25. The molecule has 0 atom stereocenters. The van der Waals surface area contributed by atoms with Gasteiger partial charge in [0.05, 0.1) is 0 Å². The van der Waals surface area contributed by atoms with Crippen LogP contribution < -0.4 is 5.32 Å². The van der Waals surface area contributed by atoms with Crippen LogP contribution in [0.25, 0.3) is 11.1 Å². The first-order valence-electron chi connectivity index (χ1n) is 7.31. The Balaban J connectivity index is 1.59. The van der Waals surface area contributed by atoms with Crippen LogP contribution in [0.15, 0.2) is 47.2 Å². The van der Waals surface area contributed by atoms with E-state index in [1.165, 1.54) is 12.0 Å². The van der Waals surface area contributed by atoms with E-state index in [4.69, 9.17) is 4.42 Å². The standard InChI is InChI=1S/C18H18N2O2/c1-12-3-5-15(9-13(12)2)18(21)19-8-7-14-4-6-17-16(10-14)20-11-22-17/h3-6,9-11H,7-8H2,1-2H3,(H,19,21). The third kappa shape index (κ3) is 3.01. The first-order valence-corrected chi connectivity index (χ1v) is 7.31. The van der Waals surface area contributed by atoms with Crippen LogP contribution in [0.2, 0.25) is 0 Å². The van der Waals surface area contributed by atoms with E-state index in [1.807, 2.05) is 50.2 Å². The predicted octanol–water partition coefficient (Wildman–Crippen LogP) is 3.42. The topological polar surface area (TPSA) is 55.1 Å². The van der Waals surface area contributed by atoms with E-state index in [2.05, 4.69) is 10.3 Å². The van der Waals surface area contributed by atoms with Gasteiger partial charge in [-0.1, -0.05) is 12.1 Å². The van der Waals surface area contributed by atoms with E-state index < -0.39 is 0 Å². The van der Waals surface area contributed by atoms with E-state index in [0.717, 1.165) is 28.6 Å². The molecule has 0 fully saturated rings. The van der Waals surface area contributed by atoms with Crippen molar-refractivity contribution in [3.05, 3.63) is 65.0 Å². The van der Waals surface area contributed by atoms with E-state index in [-0.39, 0.29) is 5.91 Å². The van der Waals surface area contributed by atoms with Crippen LogP contribution in [0.3, 0.4) is 0 Å². The molecule has 3 aromatic rings. The van der Waals surface area contributed by atoms with Crippen molar-refractivity contribution in [1.29, 1.82) is 0 Å². The van der Waals surface area contributed by atoms with Crippen molar-refractivity contribution >= 4 is 17.0 Å². The number of oxazole rings is 1. The van der Waals surface area contributed by atoms with Gasteiger partial charge in [0, 0.05) is 12.1 Å². The van der Waals surface area contributed by atoms with Crippen LogP contribution in [0.1, 0.15) is 27.0 Å². The first-order chi connectivity index (χ1) is 10.6. The fourth-order valence-electron chi connectivity index (χ4n) is 2.36. The zero-order valence-electron chi connectivity index (χ0n) is 12.7. The van der Waals surface area contributed by atoms with Gasteiger partial charge in [0.2, 0.25) is 0 Å². The monoisotopic (exact) mass is 294 g/mol. The Morgan fingerprint density at radius 2 is 2.00 bits per heavy atom. The van der Waals surface area contributed by atoms with E-state index in [9.17, 15) is 4.79 Å². The molecule has 0 aliphatic carbocycles. The number of nitrogens with one attached hydrogen (secondary N) is 1. The second-order valence-electron chi connectivity index (χ2n) is 5.46. The number of carbonyl (C=O) groups is 1. The smallest absolute Gasteiger partial charge is 0.251 e. The average Bonchev–Trinajstić information content (AvgIpc) is 2.97. The van der Waals surface area contributed by atoms with Crippen LogP contribution >= 0.6 is 0 Å². The van der Waals surface area contributed by atoms with Crippen LogP contribution in [-0.2, 0) is 6.42 Å². The fourth-order valence-corrected chi connectivity index (χ4v) is 2.36. The van der Waals surface area contributed by atoms with Crippen LogP contribution in [0.5, 0.6) is 0 Å². The molecule has 1 N–H and O–H groups in total. The van der Waals surface area contributed by atoms with Gasteiger partial charge in [0.25, 0.3) is 5.91 Å². The normalized spacial score (nSPS) is 10.8. The third-order valence-electron chi connectivity index (χ3n) is 3.86. The Kier molecular flexibility index (Phi) is 3.92. The highest BCUT2D eigenvalue weighted by Crippen LogP contribution is 2.14. The van der Waals surface area contributed by atoms with Crippen molar-refractivity contribution in [2.24, 2.45) is 0 Å². The van der Waals surface area contributed by atoms with Gasteiger partial charge >= 0.3 is 0 Å². The Labute approximate surface area is 129 Å². The number of hydrogen-bond acceptors (Lipinski definition) is 3. The molecule has 0 saturated carbocycles. The van der Waals surface area contributed by atoms with Gasteiger partial charge in [-0.25, -0.2) is 4.98 Å². The van der Waals surface area contributed by atoms with Crippen molar-refractivity contribution in [3.8, 4) is 0 Å². The fraction of sp³-hybridized carbons (Fsp3) is 0.222. The zero-order valence-corrected chi connectivity index (χ0v) is 12.7. The number of carbonyl (C=O) groups excluding carboxylic acids is 1. The molecule has 0 aliphatic heterocycles. The second kappa shape index (κ2) is 6.02. The van der Waals surface area contributed by atoms with Crippen molar-refractivity contribution in [1.82, 2.24) is 10.3 Å². The molecule has 1 aromatic heterocycles.